The van der Waals surface area contributed by atoms with E-state index in [1.54, 1.807) is 37.3 Å². The fourth-order valence-electron chi connectivity index (χ4n) is 3.43. The number of aryl methyl sites for hydroxylation is 1. The molecular formula is C24H22ClF2N3O4S. The summed E-state index contributed by atoms with van der Waals surface area (Å²) in [5.41, 5.74) is 0.895. The highest BCUT2D eigenvalue weighted by Crippen LogP contribution is 2.20. The Morgan fingerprint density at radius 1 is 1.00 bits per heavy atom. The monoisotopic (exact) mass is 521 g/mol. The van der Waals surface area contributed by atoms with Gasteiger partial charge in [0.05, 0.1) is 4.90 Å². The molecule has 0 spiro atoms. The lowest BCUT2D eigenvalue weighted by Crippen LogP contribution is -2.52. The molecule has 0 unspecified atom stereocenters. The van der Waals surface area contributed by atoms with E-state index in [1.807, 2.05) is 4.72 Å². The largest absolute Gasteiger partial charge is 0.329 e. The number of nitrogens with zero attached hydrogens (tertiary/aromatic N) is 1. The highest BCUT2D eigenvalue weighted by molar-refractivity contribution is 7.90. The highest BCUT2D eigenvalue weighted by Gasteiger charge is 2.28. The van der Waals surface area contributed by atoms with Crippen LogP contribution in [0, 0.1) is 18.6 Å². The number of carbonyl (C=O) groups excluding carboxylic acids is 2. The first-order chi connectivity index (χ1) is 16.5. The highest BCUT2D eigenvalue weighted by atomic mass is 35.5. The van der Waals surface area contributed by atoms with Gasteiger partial charge in [-0.3, -0.25) is 4.79 Å². The number of anilines is 1. The van der Waals surface area contributed by atoms with Crippen molar-refractivity contribution in [2.45, 2.75) is 24.3 Å². The van der Waals surface area contributed by atoms with Gasteiger partial charge in [0.1, 0.15) is 17.7 Å². The van der Waals surface area contributed by atoms with E-state index in [0.29, 0.717) is 22.3 Å². The zero-order chi connectivity index (χ0) is 25.8. The van der Waals surface area contributed by atoms with Crippen molar-refractivity contribution in [3.63, 3.8) is 0 Å². The molecule has 0 aliphatic carbocycles. The number of amides is 3. The van der Waals surface area contributed by atoms with Crippen LogP contribution in [-0.4, -0.2) is 33.4 Å². The Bertz CT molecular complexity index is 1350. The molecule has 0 saturated heterocycles. The van der Waals surface area contributed by atoms with Gasteiger partial charge in [-0.2, -0.15) is 0 Å². The van der Waals surface area contributed by atoms with Gasteiger partial charge in [-0.25, -0.2) is 26.7 Å². The first kappa shape index (κ1) is 26.1. The Balaban J connectivity index is 1.87. The van der Waals surface area contributed by atoms with Gasteiger partial charge in [0, 0.05) is 30.2 Å². The van der Waals surface area contributed by atoms with Gasteiger partial charge in [0.15, 0.2) is 0 Å². The SMILES string of the molecule is Cc1ccccc1S(=O)(=O)NC(=O)N[C@@H](Cc1cc(F)cc(F)c1)C(=O)N(C)c1cccc(Cl)c1. The number of rotatable bonds is 7. The van der Waals surface area contributed by atoms with Crippen molar-refractivity contribution in [1.82, 2.24) is 10.0 Å². The molecule has 3 aromatic rings. The molecule has 0 aromatic heterocycles. The molecule has 0 fully saturated rings. The van der Waals surface area contributed by atoms with Gasteiger partial charge in [-0.1, -0.05) is 35.9 Å². The Hall–Kier alpha value is -3.50. The molecule has 0 saturated carbocycles. The summed E-state index contributed by atoms with van der Waals surface area (Å²) in [4.78, 5) is 27.0. The molecule has 35 heavy (non-hydrogen) atoms. The van der Waals surface area contributed by atoms with E-state index >= 15 is 0 Å². The maximum Gasteiger partial charge on any atom is 0.329 e. The molecule has 1 atom stereocenters. The van der Waals surface area contributed by atoms with Crippen LogP contribution in [0.2, 0.25) is 5.02 Å². The third kappa shape index (κ3) is 6.77. The minimum absolute atomic E-state index is 0.0856. The quantitative estimate of drug-likeness (QED) is 0.487. The zero-order valence-corrected chi connectivity index (χ0v) is 20.3. The van der Waals surface area contributed by atoms with E-state index in [0.717, 1.165) is 12.1 Å². The Kier molecular flexibility index (Phi) is 8.08. The van der Waals surface area contributed by atoms with Crippen LogP contribution in [-0.2, 0) is 21.2 Å². The molecule has 3 rings (SSSR count). The number of benzene rings is 3. The molecule has 0 heterocycles. The smallest absolute Gasteiger partial charge is 0.325 e. The molecule has 0 radical (unpaired) electrons. The van der Waals surface area contributed by atoms with Gasteiger partial charge >= 0.3 is 6.03 Å². The van der Waals surface area contributed by atoms with Crippen molar-refractivity contribution >= 4 is 39.2 Å². The summed E-state index contributed by atoms with van der Waals surface area (Å²) in [6.07, 6.45) is -0.309. The van der Waals surface area contributed by atoms with Crippen molar-refractivity contribution in [3.05, 3.63) is 94.5 Å². The summed E-state index contributed by atoms with van der Waals surface area (Å²) in [6.45, 7) is 1.57. The topological polar surface area (TPSA) is 95.6 Å². The Labute approximate surface area is 206 Å². The van der Waals surface area contributed by atoms with Crippen molar-refractivity contribution < 1.29 is 26.8 Å². The van der Waals surface area contributed by atoms with Crippen molar-refractivity contribution in [3.8, 4) is 0 Å². The molecule has 0 aliphatic heterocycles. The third-order valence-corrected chi connectivity index (χ3v) is 6.83. The van der Waals surface area contributed by atoms with Crippen molar-refractivity contribution in [1.29, 1.82) is 0 Å². The van der Waals surface area contributed by atoms with Crippen LogP contribution in [0.15, 0.2) is 71.6 Å². The first-order valence-electron chi connectivity index (χ1n) is 10.3. The summed E-state index contributed by atoms with van der Waals surface area (Å²) >= 11 is 6.00. The second-order valence-electron chi connectivity index (χ2n) is 7.76. The summed E-state index contributed by atoms with van der Waals surface area (Å²) in [7, 11) is -2.82. The normalized spacial score (nSPS) is 12.0. The first-order valence-corrected chi connectivity index (χ1v) is 12.2. The minimum Gasteiger partial charge on any atom is -0.325 e. The summed E-state index contributed by atoms with van der Waals surface area (Å²) in [6, 6.07) is 12.6. The van der Waals surface area contributed by atoms with Crippen LogP contribution >= 0.6 is 11.6 Å². The van der Waals surface area contributed by atoms with Crippen molar-refractivity contribution in [2.75, 3.05) is 11.9 Å². The van der Waals surface area contributed by atoms with E-state index in [2.05, 4.69) is 5.32 Å². The number of likely N-dealkylation sites (N-methyl/N-ethyl adjacent to an activating group) is 1. The van der Waals surface area contributed by atoms with E-state index in [-0.39, 0.29) is 16.9 Å². The van der Waals surface area contributed by atoms with E-state index in [4.69, 9.17) is 11.6 Å². The second-order valence-corrected chi connectivity index (χ2v) is 9.84. The number of nitrogens with one attached hydrogen (secondary N) is 2. The molecule has 11 heteroatoms. The van der Waals surface area contributed by atoms with Crippen LogP contribution in [0.5, 0.6) is 0 Å². The van der Waals surface area contributed by atoms with E-state index in [9.17, 15) is 26.8 Å². The average Bonchev–Trinajstić information content (AvgIpc) is 2.76. The zero-order valence-electron chi connectivity index (χ0n) is 18.8. The standard InChI is InChI=1S/C24H22ClF2N3O4S/c1-15-6-3-4-9-22(15)35(33,34)29-24(32)28-21(12-16-10-18(26)14-19(27)11-16)23(31)30(2)20-8-5-7-17(25)13-20/h3-11,13-14,21H,12H2,1-2H3,(H2,28,29,32)/t21-/m0/s1. The summed E-state index contributed by atoms with van der Waals surface area (Å²) in [5.74, 6) is -2.39. The van der Waals surface area contributed by atoms with Crippen LogP contribution in [0.1, 0.15) is 11.1 Å². The predicted octanol–water partition coefficient (Wildman–Crippen LogP) is 4.19. The lowest BCUT2D eigenvalue weighted by atomic mass is 10.0. The van der Waals surface area contributed by atoms with Crippen LogP contribution in [0.25, 0.3) is 0 Å². The van der Waals surface area contributed by atoms with Crippen molar-refractivity contribution in [2.24, 2.45) is 0 Å². The summed E-state index contributed by atoms with van der Waals surface area (Å²) in [5, 5.41) is 2.68. The molecular weight excluding hydrogens is 500 g/mol. The van der Waals surface area contributed by atoms with Gasteiger partial charge < -0.3 is 10.2 Å². The van der Waals surface area contributed by atoms with E-state index in [1.165, 1.54) is 30.1 Å². The van der Waals surface area contributed by atoms with Gasteiger partial charge in [0.25, 0.3) is 10.0 Å². The number of hydrogen-bond donors (Lipinski definition) is 2. The molecule has 3 aromatic carbocycles. The van der Waals surface area contributed by atoms with E-state index < -0.39 is 39.6 Å². The third-order valence-electron chi connectivity index (χ3n) is 5.10. The molecule has 184 valence electrons. The molecule has 3 amide bonds. The van der Waals surface area contributed by atoms with Gasteiger partial charge in [0.2, 0.25) is 5.91 Å². The summed E-state index contributed by atoms with van der Waals surface area (Å²) < 4.78 is 54.7. The van der Waals surface area contributed by atoms with Crippen LogP contribution < -0.4 is 14.9 Å². The lowest BCUT2D eigenvalue weighted by Gasteiger charge is -2.25. The molecule has 2 N–H and O–H groups in total. The number of urea groups is 1. The fraction of sp³-hybridized carbons (Fsp3) is 0.167. The average molecular weight is 522 g/mol. The number of halogens is 3. The Morgan fingerprint density at radius 2 is 1.66 bits per heavy atom. The Morgan fingerprint density at radius 3 is 2.29 bits per heavy atom. The molecule has 0 bridgehead atoms. The molecule has 0 aliphatic rings. The van der Waals surface area contributed by atoms with Gasteiger partial charge in [-0.15, -0.1) is 0 Å². The lowest BCUT2D eigenvalue weighted by molar-refractivity contribution is -0.120. The predicted molar refractivity (Wildman–Crippen MR) is 129 cm³/mol. The number of sulfonamides is 1. The minimum atomic E-state index is -4.25. The number of carbonyl (C=O) groups is 2. The maximum absolute atomic E-state index is 13.7. The fourth-order valence-corrected chi connectivity index (χ4v) is 4.78. The van der Waals surface area contributed by atoms with Crippen LogP contribution in [0.3, 0.4) is 0 Å². The van der Waals surface area contributed by atoms with Crippen LogP contribution in [0.4, 0.5) is 19.3 Å². The maximum atomic E-state index is 13.7. The number of hydrogen-bond acceptors (Lipinski definition) is 4. The second kappa shape index (κ2) is 10.8. The van der Waals surface area contributed by atoms with Gasteiger partial charge in [-0.05, 0) is 54.4 Å². The molecule has 7 nitrogen and oxygen atoms in total.